The van der Waals surface area contributed by atoms with E-state index in [0.29, 0.717) is 17.8 Å². The van der Waals surface area contributed by atoms with Crippen molar-refractivity contribution in [2.75, 3.05) is 6.61 Å². The third-order valence-corrected chi connectivity index (χ3v) is 2.37. The van der Waals surface area contributed by atoms with E-state index in [2.05, 4.69) is 0 Å². The molecule has 0 amide bonds. The van der Waals surface area contributed by atoms with E-state index in [9.17, 15) is 9.59 Å². The molecule has 0 saturated heterocycles. The van der Waals surface area contributed by atoms with Gasteiger partial charge < -0.3 is 13.9 Å². The van der Waals surface area contributed by atoms with Crippen LogP contribution in [0.25, 0.3) is 11.0 Å². The Labute approximate surface area is 103 Å². The number of fused-ring (bicyclic) bond motifs is 1. The van der Waals surface area contributed by atoms with Crippen molar-refractivity contribution in [2.45, 2.75) is 13.0 Å². The summed E-state index contributed by atoms with van der Waals surface area (Å²) in [7, 11) is 0. The van der Waals surface area contributed by atoms with Crippen LogP contribution in [0.3, 0.4) is 0 Å². The molecule has 0 radical (unpaired) electrons. The first-order chi connectivity index (χ1) is 8.69. The molecular weight excluding hydrogens is 236 g/mol. The molecule has 2 aromatic rings. The highest BCUT2D eigenvalue weighted by molar-refractivity contribution is 5.77. The maximum absolute atomic E-state index is 11.1. The summed E-state index contributed by atoms with van der Waals surface area (Å²) >= 11 is 0. The average Bonchev–Trinajstić information content (AvgIpc) is 2.36. The fourth-order valence-electron chi connectivity index (χ4n) is 1.48. The number of carbonyl (C=O) groups excluding carboxylic acids is 1. The van der Waals surface area contributed by atoms with Gasteiger partial charge in [0, 0.05) is 17.5 Å². The Morgan fingerprint density at radius 3 is 2.89 bits per heavy atom. The normalized spacial score (nSPS) is 12.1. The standard InChI is InChI=1S/C13H12O5/c1-9(17-8-14)7-16-11-4-2-10-3-5-13(15)18-12(10)6-11/h2-6,8-9H,7H2,1H3. The van der Waals surface area contributed by atoms with E-state index in [1.54, 1.807) is 31.2 Å². The Morgan fingerprint density at radius 1 is 1.33 bits per heavy atom. The molecule has 1 atom stereocenters. The van der Waals surface area contributed by atoms with Crippen LogP contribution in [0.5, 0.6) is 5.75 Å². The number of benzene rings is 1. The Kier molecular flexibility index (Phi) is 3.62. The average molecular weight is 248 g/mol. The highest BCUT2D eigenvalue weighted by atomic mass is 16.6. The molecule has 1 aromatic carbocycles. The largest absolute Gasteiger partial charge is 0.490 e. The van der Waals surface area contributed by atoms with E-state index in [1.165, 1.54) is 6.07 Å². The number of hydrogen-bond acceptors (Lipinski definition) is 5. The topological polar surface area (TPSA) is 65.7 Å². The minimum absolute atomic E-state index is 0.237. The van der Waals surface area contributed by atoms with Crippen LogP contribution in [-0.4, -0.2) is 19.2 Å². The molecule has 0 aliphatic rings. The van der Waals surface area contributed by atoms with Crippen molar-refractivity contribution in [1.82, 2.24) is 0 Å². The Bertz CT molecular complexity index is 602. The molecule has 1 unspecified atom stereocenters. The van der Waals surface area contributed by atoms with E-state index in [4.69, 9.17) is 13.9 Å². The van der Waals surface area contributed by atoms with Crippen molar-refractivity contribution >= 4 is 17.4 Å². The maximum atomic E-state index is 11.1. The van der Waals surface area contributed by atoms with Crippen molar-refractivity contribution < 1.29 is 18.7 Å². The quantitative estimate of drug-likeness (QED) is 0.595. The molecule has 5 heteroatoms. The lowest BCUT2D eigenvalue weighted by atomic mass is 10.2. The van der Waals surface area contributed by atoms with Crippen LogP contribution in [0.1, 0.15) is 6.92 Å². The molecule has 0 saturated carbocycles. The van der Waals surface area contributed by atoms with E-state index in [1.807, 2.05) is 0 Å². The Balaban J connectivity index is 2.14. The SMILES string of the molecule is CC(COc1ccc2ccc(=O)oc2c1)OC=O. The smallest absolute Gasteiger partial charge is 0.336 e. The fourth-order valence-corrected chi connectivity index (χ4v) is 1.48. The summed E-state index contributed by atoms with van der Waals surface area (Å²) in [5.74, 6) is 0.554. The Morgan fingerprint density at radius 2 is 2.11 bits per heavy atom. The summed E-state index contributed by atoms with van der Waals surface area (Å²) in [5.41, 5.74) is 0.0567. The molecule has 18 heavy (non-hydrogen) atoms. The number of hydrogen-bond donors (Lipinski definition) is 0. The van der Waals surface area contributed by atoms with Gasteiger partial charge in [0.15, 0.2) is 0 Å². The van der Waals surface area contributed by atoms with E-state index in [-0.39, 0.29) is 12.7 Å². The minimum Gasteiger partial charge on any atom is -0.490 e. The number of ether oxygens (including phenoxy) is 2. The summed E-state index contributed by atoms with van der Waals surface area (Å²) < 4.78 is 15.1. The van der Waals surface area contributed by atoms with Crippen LogP contribution in [-0.2, 0) is 9.53 Å². The zero-order chi connectivity index (χ0) is 13.0. The number of carbonyl (C=O) groups is 1. The summed E-state index contributed by atoms with van der Waals surface area (Å²) in [5, 5.41) is 0.819. The zero-order valence-electron chi connectivity index (χ0n) is 9.79. The monoisotopic (exact) mass is 248 g/mol. The number of rotatable bonds is 5. The molecule has 0 aliphatic heterocycles. The van der Waals surface area contributed by atoms with Gasteiger partial charge in [0.1, 0.15) is 24.0 Å². The van der Waals surface area contributed by atoms with Gasteiger partial charge in [-0.2, -0.15) is 0 Å². The van der Waals surface area contributed by atoms with Gasteiger partial charge in [0.2, 0.25) is 0 Å². The molecule has 0 N–H and O–H groups in total. The molecule has 0 bridgehead atoms. The van der Waals surface area contributed by atoms with Gasteiger partial charge in [-0.15, -0.1) is 0 Å². The van der Waals surface area contributed by atoms with Crippen LogP contribution in [0, 0.1) is 0 Å². The maximum Gasteiger partial charge on any atom is 0.336 e. The van der Waals surface area contributed by atoms with Gasteiger partial charge >= 0.3 is 5.63 Å². The lowest BCUT2D eigenvalue weighted by Gasteiger charge is -2.11. The first-order valence-electron chi connectivity index (χ1n) is 5.45. The lowest BCUT2D eigenvalue weighted by Crippen LogP contribution is -2.17. The van der Waals surface area contributed by atoms with Crippen LogP contribution >= 0.6 is 0 Å². The van der Waals surface area contributed by atoms with Crippen molar-refractivity contribution in [1.29, 1.82) is 0 Å². The van der Waals surface area contributed by atoms with Gasteiger partial charge in [-0.25, -0.2) is 4.79 Å². The van der Waals surface area contributed by atoms with E-state index >= 15 is 0 Å². The summed E-state index contributed by atoms with van der Waals surface area (Å²) in [4.78, 5) is 21.2. The van der Waals surface area contributed by atoms with Gasteiger partial charge in [-0.1, -0.05) is 0 Å². The van der Waals surface area contributed by atoms with Crippen molar-refractivity contribution in [2.24, 2.45) is 0 Å². The fraction of sp³-hybridized carbons (Fsp3) is 0.231. The first-order valence-corrected chi connectivity index (χ1v) is 5.45. The molecule has 94 valence electrons. The van der Waals surface area contributed by atoms with Gasteiger partial charge in [0.05, 0.1) is 0 Å². The highest BCUT2D eigenvalue weighted by Crippen LogP contribution is 2.19. The van der Waals surface area contributed by atoms with Crippen LogP contribution in [0.15, 0.2) is 39.5 Å². The van der Waals surface area contributed by atoms with Crippen LogP contribution < -0.4 is 10.4 Å². The predicted octanol–water partition coefficient (Wildman–Crippen LogP) is 1.73. The van der Waals surface area contributed by atoms with E-state index in [0.717, 1.165) is 5.39 Å². The predicted molar refractivity (Wildman–Crippen MR) is 64.6 cm³/mol. The Hall–Kier alpha value is -2.30. The second kappa shape index (κ2) is 5.35. The highest BCUT2D eigenvalue weighted by Gasteiger charge is 2.04. The second-order valence-electron chi connectivity index (χ2n) is 3.81. The molecular formula is C13H12O5. The third kappa shape index (κ3) is 2.88. The molecule has 5 nitrogen and oxygen atoms in total. The molecule has 1 heterocycles. The van der Waals surface area contributed by atoms with Crippen molar-refractivity contribution in [3.05, 3.63) is 40.8 Å². The van der Waals surface area contributed by atoms with Gasteiger partial charge in [0.25, 0.3) is 6.47 Å². The van der Waals surface area contributed by atoms with Gasteiger partial charge in [-0.05, 0) is 25.1 Å². The van der Waals surface area contributed by atoms with Crippen LogP contribution in [0.4, 0.5) is 0 Å². The zero-order valence-corrected chi connectivity index (χ0v) is 9.79. The molecule has 0 aliphatic carbocycles. The molecule has 1 aromatic heterocycles. The lowest BCUT2D eigenvalue weighted by molar-refractivity contribution is -0.134. The minimum atomic E-state index is -0.405. The molecule has 2 rings (SSSR count). The molecule has 0 spiro atoms. The first kappa shape index (κ1) is 12.2. The summed E-state index contributed by atoms with van der Waals surface area (Å²) in [6.07, 6.45) is -0.332. The van der Waals surface area contributed by atoms with Gasteiger partial charge in [-0.3, -0.25) is 4.79 Å². The third-order valence-electron chi connectivity index (χ3n) is 2.37. The second-order valence-corrected chi connectivity index (χ2v) is 3.81. The van der Waals surface area contributed by atoms with Crippen molar-refractivity contribution in [3.63, 3.8) is 0 Å². The van der Waals surface area contributed by atoms with E-state index < -0.39 is 5.63 Å². The summed E-state index contributed by atoms with van der Waals surface area (Å²) in [6.45, 7) is 2.34. The van der Waals surface area contributed by atoms with Crippen LogP contribution in [0.2, 0.25) is 0 Å². The molecule has 0 fully saturated rings. The summed E-state index contributed by atoms with van der Waals surface area (Å²) in [6, 6.07) is 8.23. The van der Waals surface area contributed by atoms with Crippen molar-refractivity contribution in [3.8, 4) is 5.75 Å².